The molecule has 0 amide bonds. The summed E-state index contributed by atoms with van der Waals surface area (Å²) in [5.41, 5.74) is 4.22. The Bertz CT molecular complexity index is 891. The number of rotatable bonds is 5. The number of pyridine rings is 1. The standard InChI is InChI=1S/C19H23N5O.HI/c1-14-6-4-9-18-23-16(13-24(14)18)12-22-19(20-2)21-11-15-7-5-8-17(10-15)25-3;/h4-10,13H,11-12H2,1-3H3,(H2,20,21,22);1H. The van der Waals surface area contributed by atoms with E-state index < -0.39 is 0 Å². The van der Waals surface area contributed by atoms with E-state index in [0.29, 0.717) is 13.1 Å². The van der Waals surface area contributed by atoms with Crippen LogP contribution in [-0.2, 0) is 13.1 Å². The first-order chi connectivity index (χ1) is 12.2. The molecule has 26 heavy (non-hydrogen) atoms. The topological polar surface area (TPSA) is 63.0 Å². The van der Waals surface area contributed by atoms with Crippen LogP contribution in [0.4, 0.5) is 0 Å². The molecule has 3 rings (SSSR count). The van der Waals surface area contributed by atoms with Gasteiger partial charge >= 0.3 is 0 Å². The first-order valence-corrected chi connectivity index (χ1v) is 8.20. The number of hydrogen-bond donors (Lipinski definition) is 2. The summed E-state index contributed by atoms with van der Waals surface area (Å²) < 4.78 is 7.33. The van der Waals surface area contributed by atoms with Crippen molar-refractivity contribution in [2.45, 2.75) is 20.0 Å². The average molecular weight is 465 g/mol. The lowest BCUT2D eigenvalue weighted by Crippen LogP contribution is -2.36. The molecule has 0 saturated carbocycles. The minimum atomic E-state index is 0. The summed E-state index contributed by atoms with van der Waals surface area (Å²) in [7, 11) is 3.43. The van der Waals surface area contributed by atoms with E-state index in [1.807, 2.05) is 42.6 Å². The minimum Gasteiger partial charge on any atom is -0.497 e. The van der Waals surface area contributed by atoms with Crippen LogP contribution >= 0.6 is 24.0 Å². The molecule has 0 radical (unpaired) electrons. The van der Waals surface area contributed by atoms with Crippen molar-refractivity contribution >= 4 is 35.6 Å². The maximum Gasteiger partial charge on any atom is 0.191 e. The summed E-state index contributed by atoms with van der Waals surface area (Å²) in [6.07, 6.45) is 2.05. The Hall–Kier alpha value is -2.29. The molecule has 0 unspecified atom stereocenters. The van der Waals surface area contributed by atoms with Gasteiger partial charge in [0.05, 0.1) is 19.3 Å². The molecule has 0 aliphatic rings. The number of halogens is 1. The first-order valence-electron chi connectivity index (χ1n) is 8.20. The normalized spacial score (nSPS) is 11.1. The Morgan fingerprint density at radius 1 is 1.15 bits per heavy atom. The van der Waals surface area contributed by atoms with E-state index in [1.54, 1.807) is 14.2 Å². The predicted molar refractivity (Wildman–Crippen MR) is 115 cm³/mol. The fraction of sp³-hybridized carbons (Fsp3) is 0.263. The Morgan fingerprint density at radius 3 is 2.65 bits per heavy atom. The van der Waals surface area contributed by atoms with E-state index >= 15 is 0 Å². The van der Waals surface area contributed by atoms with Gasteiger partial charge in [-0.1, -0.05) is 18.2 Å². The van der Waals surface area contributed by atoms with Crippen molar-refractivity contribution in [1.29, 1.82) is 0 Å². The Kier molecular flexibility index (Phi) is 7.26. The highest BCUT2D eigenvalue weighted by Crippen LogP contribution is 2.12. The monoisotopic (exact) mass is 465 g/mol. The maximum atomic E-state index is 5.25. The van der Waals surface area contributed by atoms with Crippen LogP contribution in [0.5, 0.6) is 5.75 Å². The Balaban J connectivity index is 0.00000243. The van der Waals surface area contributed by atoms with E-state index in [4.69, 9.17) is 4.74 Å². The van der Waals surface area contributed by atoms with Gasteiger partial charge in [0.2, 0.25) is 0 Å². The third-order valence-corrected chi connectivity index (χ3v) is 4.00. The fourth-order valence-electron chi connectivity index (χ4n) is 2.65. The van der Waals surface area contributed by atoms with E-state index in [0.717, 1.165) is 34.3 Å². The van der Waals surface area contributed by atoms with Gasteiger partial charge in [-0.05, 0) is 36.8 Å². The third kappa shape index (κ3) is 4.87. The van der Waals surface area contributed by atoms with Crippen LogP contribution in [0.25, 0.3) is 5.65 Å². The number of hydrogen-bond acceptors (Lipinski definition) is 3. The number of fused-ring (bicyclic) bond motifs is 1. The van der Waals surface area contributed by atoms with Gasteiger partial charge in [-0.15, -0.1) is 24.0 Å². The molecule has 138 valence electrons. The van der Waals surface area contributed by atoms with Crippen molar-refractivity contribution in [3.8, 4) is 5.75 Å². The van der Waals surface area contributed by atoms with Crippen LogP contribution in [-0.4, -0.2) is 29.5 Å². The predicted octanol–water partition coefficient (Wildman–Crippen LogP) is 3.13. The molecule has 3 aromatic rings. The molecule has 2 N–H and O–H groups in total. The number of nitrogens with one attached hydrogen (secondary N) is 2. The summed E-state index contributed by atoms with van der Waals surface area (Å²) in [6, 6.07) is 14.1. The lowest BCUT2D eigenvalue weighted by Gasteiger charge is -2.11. The van der Waals surface area contributed by atoms with Crippen molar-refractivity contribution < 1.29 is 4.74 Å². The van der Waals surface area contributed by atoms with E-state index in [2.05, 4.69) is 38.0 Å². The van der Waals surface area contributed by atoms with Crippen molar-refractivity contribution in [3.05, 3.63) is 65.6 Å². The molecule has 6 nitrogen and oxygen atoms in total. The first kappa shape index (κ1) is 20.0. The number of aromatic nitrogens is 2. The number of nitrogens with zero attached hydrogens (tertiary/aromatic N) is 3. The largest absolute Gasteiger partial charge is 0.497 e. The lowest BCUT2D eigenvalue weighted by atomic mass is 10.2. The highest BCUT2D eigenvalue weighted by atomic mass is 127. The average Bonchev–Trinajstić information content (AvgIpc) is 3.06. The van der Waals surface area contributed by atoms with Crippen molar-refractivity contribution in [2.24, 2.45) is 4.99 Å². The van der Waals surface area contributed by atoms with Gasteiger partial charge in [0.25, 0.3) is 0 Å². The Labute approximate surface area is 170 Å². The van der Waals surface area contributed by atoms with Gasteiger partial charge in [0.1, 0.15) is 11.4 Å². The van der Waals surface area contributed by atoms with Crippen molar-refractivity contribution in [2.75, 3.05) is 14.2 Å². The summed E-state index contributed by atoms with van der Waals surface area (Å²) in [5.74, 6) is 1.58. The molecule has 0 atom stereocenters. The fourth-order valence-corrected chi connectivity index (χ4v) is 2.65. The van der Waals surface area contributed by atoms with Crippen LogP contribution in [0.3, 0.4) is 0 Å². The second-order valence-electron chi connectivity index (χ2n) is 5.76. The van der Waals surface area contributed by atoms with Crippen LogP contribution in [0.1, 0.15) is 17.0 Å². The number of imidazole rings is 1. The number of methoxy groups -OCH3 is 1. The van der Waals surface area contributed by atoms with E-state index in [-0.39, 0.29) is 24.0 Å². The van der Waals surface area contributed by atoms with Crippen molar-refractivity contribution in [3.63, 3.8) is 0 Å². The quantitative estimate of drug-likeness (QED) is 0.346. The van der Waals surface area contributed by atoms with Crippen molar-refractivity contribution in [1.82, 2.24) is 20.0 Å². The molecule has 7 heteroatoms. The number of aliphatic imine (C=N–C) groups is 1. The van der Waals surface area contributed by atoms with Crippen LogP contribution in [0.15, 0.2) is 53.7 Å². The van der Waals surface area contributed by atoms with Gasteiger partial charge in [-0.25, -0.2) is 4.98 Å². The molecule has 2 aromatic heterocycles. The molecular formula is C19H24IN5O. The van der Waals surface area contributed by atoms with Gasteiger partial charge < -0.3 is 19.8 Å². The summed E-state index contributed by atoms with van der Waals surface area (Å²) in [5, 5.41) is 6.60. The van der Waals surface area contributed by atoms with Gasteiger partial charge in [-0.3, -0.25) is 4.99 Å². The molecule has 0 saturated heterocycles. The molecule has 0 fully saturated rings. The minimum absolute atomic E-state index is 0. The van der Waals surface area contributed by atoms with Gasteiger partial charge in [0, 0.05) is 25.5 Å². The Morgan fingerprint density at radius 2 is 1.92 bits per heavy atom. The van der Waals surface area contributed by atoms with E-state index in [1.165, 1.54) is 0 Å². The summed E-state index contributed by atoms with van der Waals surface area (Å²) in [6.45, 7) is 3.35. The summed E-state index contributed by atoms with van der Waals surface area (Å²) in [4.78, 5) is 8.88. The number of ether oxygens (including phenoxy) is 1. The zero-order valence-electron chi connectivity index (χ0n) is 15.2. The highest BCUT2D eigenvalue weighted by Gasteiger charge is 2.05. The second kappa shape index (κ2) is 9.42. The highest BCUT2D eigenvalue weighted by molar-refractivity contribution is 14.0. The van der Waals surface area contributed by atoms with Gasteiger partial charge in [0.15, 0.2) is 5.96 Å². The zero-order valence-corrected chi connectivity index (χ0v) is 17.5. The van der Waals surface area contributed by atoms with E-state index in [9.17, 15) is 0 Å². The smallest absolute Gasteiger partial charge is 0.191 e. The molecule has 0 bridgehead atoms. The molecule has 0 aliphatic heterocycles. The number of guanidine groups is 1. The zero-order chi connectivity index (χ0) is 17.6. The van der Waals surface area contributed by atoms with Gasteiger partial charge in [-0.2, -0.15) is 0 Å². The molecule has 0 spiro atoms. The molecule has 1 aromatic carbocycles. The lowest BCUT2D eigenvalue weighted by molar-refractivity contribution is 0.414. The van der Waals surface area contributed by atoms with Crippen LogP contribution in [0, 0.1) is 6.92 Å². The van der Waals surface area contributed by atoms with Crippen LogP contribution in [0.2, 0.25) is 0 Å². The molecular weight excluding hydrogens is 441 g/mol. The summed E-state index contributed by atoms with van der Waals surface area (Å²) >= 11 is 0. The SMILES string of the molecule is CN=C(NCc1cccc(OC)c1)NCc1cn2c(C)cccc2n1.I. The van der Waals surface area contributed by atoms with Crippen LogP contribution < -0.4 is 15.4 Å². The molecule has 0 aliphatic carbocycles. The number of benzene rings is 1. The number of aryl methyl sites for hydroxylation is 1. The third-order valence-electron chi connectivity index (χ3n) is 4.00. The molecule has 2 heterocycles. The maximum absolute atomic E-state index is 5.25. The second-order valence-corrected chi connectivity index (χ2v) is 5.76.